The van der Waals surface area contributed by atoms with Gasteiger partial charge in [-0.25, -0.2) is 0 Å². The Morgan fingerprint density at radius 2 is 1.46 bits per heavy atom. The molecule has 0 radical (unpaired) electrons. The minimum absolute atomic E-state index is 0.0336. The van der Waals surface area contributed by atoms with Gasteiger partial charge < -0.3 is 10.2 Å². The fraction of sp³-hybridized carbons (Fsp3) is 0.286. The first-order valence-electron chi connectivity index (χ1n) is 11.6. The van der Waals surface area contributed by atoms with Crippen molar-refractivity contribution in [3.05, 3.63) is 100 Å². The molecule has 0 aliphatic heterocycles. The lowest BCUT2D eigenvalue weighted by molar-refractivity contribution is -0.141. The molecule has 4 nitrogen and oxygen atoms in total. The van der Waals surface area contributed by atoms with Crippen LogP contribution in [-0.4, -0.2) is 34.6 Å². The Balaban J connectivity index is 1.83. The van der Waals surface area contributed by atoms with Crippen molar-refractivity contribution in [1.29, 1.82) is 0 Å². The van der Waals surface area contributed by atoms with Crippen molar-refractivity contribution >= 4 is 46.8 Å². The van der Waals surface area contributed by atoms with Crippen LogP contribution in [0, 0.1) is 0 Å². The monoisotopic (exact) mass is 528 g/mol. The van der Waals surface area contributed by atoms with E-state index in [2.05, 4.69) is 5.32 Å². The van der Waals surface area contributed by atoms with Crippen LogP contribution in [0.4, 0.5) is 0 Å². The van der Waals surface area contributed by atoms with Gasteiger partial charge in [0.1, 0.15) is 6.04 Å². The van der Waals surface area contributed by atoms with Gasteiger partial charge in [-0.2, -0.15) is 0 Å². The molecular weight excluding hydrogens is 499 g/mol. The van der Waals surface area contributed by atoms with Crippen LogP contribution in [0.1, 0.15) is 31.4 Å². The standard InChI is InChI=1S/C28H30Cl2N2O2S/c1-20(2)31-28(34)26(18-21-6-4-3-5-7-21)32(19-22-8-10-23(29)11-9-22)27(33)16-17-35-25-14-12-24(30)13-15-25/h3-15,20,26H,16-19H2,1-2H3,(H,31,34)/t26-/m0/s1. The first-order chi connectivity index (χ1) is 16.8. The van der Waals surface area contributed by atoms with E-state index in [0.29, 0.717) is 35.2 Å². The molecule has 0 aliphatic rings. The number of carbonyl (C=O) groups excluding carboxylic acids is 2. The third-order valence-corrected chi connectivity index (χ3v) is 6.88. The maximum Gasteiger partial charge on any atom is 0.243 e. The van der Waals surface area contributed by atoms with Crippen molar-refractivity contribution in [2.75, 3.05) is 5.75 Å². The number of hydrogen-bond acceptors (Lipinski definition) is 3. The van der Waals surface area contributed by atoms with Gasteiger partial charge in [-0.05, 0) is 61.4 Å². The quantitative estimate of drug-likeness (QED) is 0.283. The second kappa shape index (κ2) is 13.6. The predicted molar refractivity (Wildman–Crippen MR) is 146 cm³/mol. The third kappa shape index (κ3) is 8.92. The van der Waals surface area contributed by atoms with Crippen molar-refractivity contribution in [2.45, 2.75) is 50.2 Å². The molecule has 35 heavy (non-hydrogen) atoms. The van der Waals surface area contributed by atoms with Crippen LogP contribution in [0.2, 0.25) is 10.0 Å². The number of benzene rings is 3. The van der Waals surface area contributed by atoms with E-state index in [1.165, 1.54) is 0 Å². The van der Waals surface area contributed by atoms with Crippen molar-refractivity contribution in [1.82, 2.24) is 10.2 Å². The van der Waals surface area contributed by atoms with Crippen LogP contribution < -0.4 is 5.32 Å². The molecule has 1 N–H and O–H groups in total. The van der Waals surface area contributed by atoms with Crippen molar-refractivity contribution in [2.24, 2.45) is 0 Å². The summed E-state index contributed by atoms with van der Waals surface area (Å²) in [5, 5.41) is 4.32. The molecule has 0 aliphatic carbocycles. The Hall–Kier alpha value is -2.47. The van der Waals surface area contributed by atoms with Gasteiger partial charge in [0.15, 0.2) is 0 Å². The van der Waals surface area contributed by atoms with Crippen LogP contribution in [0.3, 0.4) is 0 Å². The summed E-state index contributed by atoms with van der Waals surface area (Å²) >= 11 is 13.6. The molecule has 184 valence electrons. The molecule has 0 unspecified atom stereocenters. The van der Waals surface area contributed by atoms with E-state index in [1.54, 1.807) is 28.8 Å². The zero-order chi connectivity index (χ0) is 25.2. The van der Waals surface area contributed by atoms with E-state index in [0.717, 1.165) is 16.0 Å². The largest absolute Gasteiger partial charge is 0.352 e. The van der Waals surface area contributed by atoms with Crippen molar-refractivity contribution in [3.8, 4) is 0 Å². The molecule has 7 heteroatoms. The van der Waals surface area contributed by atoms with Gasteiger partial charge in [0, 0.05) is 46.1 Å². The normalized spacial score (nSPS) is 11.8. The van der Waals surface area contributed by atoms with Gasteiger partial charge in [-0.1, -0.05) is 65.7 Å². The zero-order valence-electron chi connectivity index (χ0n) is 19.9. The summed E-state index contributed by atoms with van der Waals surface area (Å²) in [4.78, 5) is 29.6. The fourth-order valence-corrected chi connectivity index (χ4v) is 4.74. The Kier molecular flexibility index (Phi) is 10.5. The number of amides is 2. The van der Waals surface area contributed by atoms with Gasteiger partial charge in [0.2, 0.25) is 11.8 Å². The topological polar surface area (TPSA) is 49.4 Å². The number of nitrogens with zero attached hydrogens (tertiary/aromatic N) is 1. The number of nitrogens with one attached hydrogen (secondary N) is 1. The van der Waals surface area contributed by atoms with E-state index < -0.39 is 6.04 Å². The Labute approximate surface area is 222 Å². The molecule has 0 aromatic heterocycles. The summed E-state index contributed by atoms with van der Waals surface area (Å²) in [6.45, 7) is 4.17. The third-order valence-electron chi connectivity index (χ3n) is 5.37. The number of rotatable bonds is 11. The Morgan fingerprint density at radius 1 is 0.857 bits per heavy atom. The first kappa shape index (κ1) is 27.1. The van der Waals surface area contributed by atoms with Crippen LogP contribution in [0.15, 0.2) is 83.8 Å². The molecule has 0 spiro atoms. The predicted octanol–water partition coefficient (Wildman–Crippen LogP) is 6.64. The lowest BCUT2D eigenvalue weighted by Crippen LogP contribution is -2.51. The summed E-state index contributed by atoms with van der Waals surface area (Å²) in [7, 11) is 0. The molecule has 3 aromatic carbocycles. The fourth-order valence-electron chi connectivity index (χ4n) is 3.65. The Bertz CT molecular complexity index is 1090. The molecule has 3 aromatic rings. The average Bonchev–Trinajstić information content (AvgIpc) is 2.84. The van der Waals surface area contributed by atoms with E-state index in [-0.39, 0.29) is 17.9 Å². The molecule has 2 amide bonds. The first-order valence-corrected chi connectivity index (χ1v) is 13.3. The summed E-state index contributed by atoms with van der Waals surface area (Å²) in [6, 6.07) is 24.1. The highest BCUT2D eigenvalue weighted by Gasteiger charge is 2.30. The second-order valence-electron chi connectivity index (χ2n) is 8.57. The SMILES string of the molecule is CC(C)NC(=O)[C@H](Cc1ccccc1)N(Cc1ccc(Cl)cc1)C(=O)CCSc1ccc(Cl)cc1. The smallest absolute Gasteiger partial charge is 0.243 e. The van der Waals surface area contributed by atoms with Crippen molar-refractivity contribution in [3.63, 3.8) is 0 Å². The van der Waals surface area contributed by atoms with Crippen LogP contribution in [0.5, 0.6) is 0 Å². The van der Waals surface area contributed by atoms with Crippen molar-refractivity contribution < 1.29 is 9.59 Å². The highest BCUT2D eigenvalue weighted by Crippen LogP contribution is 2.23. The van der Waals surface area contributed by atoms with Crippen LogP contribution in [-0.2, 0) is 22.6 Å². The highest BCUT2D eigenvalue weighted by atomic mass is 35.5. The van der Waals surface area contributed by atoms with E-state index in [1.807, 2.05) is 80.6 Å². The average molecular weight is 530 g/mol. The minimum Gasteiger partial charge on any atom is -0.352 e. The van der Waals surface area contributed by atoms with Crippen LogP contribution in [0.25, 0.3) is 0 Å². The molecule has 0 saturated carbocycles. The molecule has 0 saturated heterocycles. The number of halogens is 2. The summed E-state index contributed by atoms with van der Waals surface area (Å²) < 4.78 is 0. The number of carbonyl (C=O) groups is 2. The summed E-state index contributed by atoms with van der Waals surface area (Å²) in [5.41, 5.74) is 1.92. The van der Waals surface area contributed by atoms with E-state index >= 15 is 0 Å². The zero-order valence-corrected chi connectivity index (χ0v) is 22.2. The van der Waals surface area contributed by atoms with E-state index in [9.17, 15) is 9.59 Å². The van der Waals surface area contributed by atoms with Gasteiger partial charge >= 0.3 is 0 Å². The highest BCUT2D eigenvalue weighted by molar-refractivity contribution is 7.99. The molecule has 0 fully saturated rings. The lowest BCUT2D eigenvalue weighted by Gasteiger charge is -2.32. The van der Waals surface area contributed by atoms with Gasteiger partial charge in [0.25, 0.3) is 0 Å². The lowest BCUT2D eigenvalue weighted by atomic mass is 10.0. The summed E-state index contributed by atoms with van der Waals surface area (Å²) in [6.07, 6.45) is 0.740. The van der Waals surface area contributed by atoms with Gasteiger partial charge in [-0.3, -0.25) is 9.59 Å². The van der Waals surface area contributed by atoms with E-state index in [4.69, 9.17) is 23.2 Å². The number of thioether (sulfide) groups is 1. The maximum atomic E-state index is 13.6. The number of hydrogen-bond donors (Lipinski definition) is 1. The molecular formula is C28H30Cl2N2O2S. The second-order valence-corrected chi connectivity index (χ2v) is 10.6. The molecule has 3 rings (SSSR count). The minimum atomic E-state index is -0.636. The molecule has 1 atom stereocenters. The molecule has 0 bridgehead atoms. The van der Waals surface area contributed by atoms with Gasteiger partial charge in [-0.15, -0.1) is 11.8 Å². The Morgan fingerprint density at radius 3 is 2.06 bits per heavy atom. The molecule has 0 heterocycles. The summed E-state index contributed by atoms with van der Waals surface area (Å²) in [5.74, 6) is 0.374. The van der Waals surface area contributed by atoms with Gasteiger partial charge in [0.05, 0.1) is 0 Å². The maximum absolute atomic E-state index is 13.6. The van der Waals surface area contributed by atoms with Crippen LogP contribution >= 0.6 is 35.0 Å².